The van der Waals surface area contributed by atoms with E-state index in [4.69, 9.17) is 16.6 Å². The lowest BCUT2D eigenvalue weighted by Gasteiger charge is -2.25. The largest absolute Gasteiger partial charge is 0.480 e. The molecule has 0 aliphatic rings. The third-order valence-electron chi connectivity index (χ3n) is 4.64. The van der Waals surface area contributed by atoms with E-state index in [1.807, 2.05) is 6.92 Å². The molecule has 11 nitrogen and oxygen atoms in total. The molecule has 0 aromatic carbocycles. The van der Waals surface area contributed by atoms with Crippen molar-refractivity contribution in [3.8, 4) is 0 Å². The minimum absolute atomic E-state index is 0.141. The molecule has 0 saturated carbocycles. The van der Waals surface area contributed by atoms with Gasteiger partial charge in [0.15, 0.2) is 0 Å². The fraction of sp³-hybridized carbons (Fsp3) is 0.722. The van der Waals surface area contributed by atoms with Crippen LogP contribution in [-0.2, 0) is 24.0 Å². The van der Waals surface area contributed by atoms with Crippen LogP contribution in [0.3, 0.4) is 0 Å². The van der Waals surface area contributed by atoms with E-state index in [1.165, 1.54) is 11.8 Å². The number of amides is 4. The first-order chi connectivity index (χ1) is 14.5. The lowest BCUT2D eigenvalue weighted by Crippen LogP contribution is -2.58. The average molecular weight is 480 g/mol. The molecule has 5 unspecified atom stereocenters. The number of aliphatic carboxylic acids is 1. The summed E-state index contributed by atoms with van der Waals surface area (Å²) in [5.74, 6) is -4.05. The van der Waals surface area contributed by atoms with Gasteiger partial charge in [0.2, 0.25) is 23.6 Å². The van der Waals surface area contributed by atoms with Crippen molar-refractivity contribution in [3.63, 3.8) is 0 Å². The first kappa shape index (κ1) is 29.0. The number of hydrogen-bond acceptors (Lipinski definition) is 8. The molecule has 5 atom stereocenters. The number of nitrogens with one attached hydrogen (secondary N) is 3. The van der Waals surface area contributed by atoms with E-state index >= 15 is 0 Å². The lowest BCUT2D eigenvalue weighted by atomic mass is 9.99. The number of hydrogen-bond donors (Lipinski definition) is 7. The van der Waals surface area contributed by atoms with Gasteiger partial charge in [-0.15, -0.1) is 0 Å². The number of thiol groups is 1. The van der Waals surface area contributed by atoms with Crippen molar-refractivity contribution in [2.75, 3.05) is 17.8 Å². The van der Waals surface area contributed by atoms with Gasteiger partial charge in [-0.25, -0.2) is 4.79 Å². The molecule has 0 rings (SSSR count). The summed E-state index contributed by atoms with van der Waals surface area (Å²) in [6, 6.07) is -4.54. The molecule has 0 bridgehead atoms. The summed E-state index contributed by atoms with van der Waals surface area (Å²) in [5, 5.41) is 16.3. The molecule has 0 aliphatic carbocycles. The number of primary amides is 1. The minimum atomic E-state index is -1.33. The maximum absolute atomic E-state index is 12.8. The van der Waals surface area contributed by atoms with Crippen LogP contribution in [0.4, 0.5) is 0 Å². The Morgan fingerprint density at radius 3 is 1.97 bits per heavy atom. The summed E-state index contributed by atoms with van der Waals surface area (Å²) >= 11 is 5.31. The number of carboxylic acids is 1. The number of carbonyl (C=O) groups excluding carboxylic acids is 4. The Balaban J connectivity index is 5.42. The Hall–Kier alpha value is -1.99. The lowest BCUT2D eigenvalue weighted by molar-refractivity contribution is -0.141. The molecule has 13 heteroatoms. The van der Waals surface area contributed by atoms with Gasteiger partial charge in [-0.1, -0.05) is 20.3 Å². The van der Waals surface area contributed by atoms with Crippen LogP contribution >= 0.6 is 24.4 Å². The highest BCUT2D eigenvalue weighted by Crippen LogP contribution is 2.07. The first-order valence-electron chi connectivity index (χ1n) is 9.75. The number of thioether (sulfide) groups is 1. The second-order valence-electron chi connectivity index (χ2n) is 7.07. The quantitative estimate of drug-likeness (QED) is 0.137. The van der Waals surface area contributed by atoms with E-state index in [0.717, 1.165) is 0 Å². The van der Waals surface area contributed by atoms with E-state index < -0.39 is 60.2 Å². The number of carboxylic acid groups (broad SMARTS) is 1. The summed E-state index contributed by atoms with van der Waals surface area (Å²) in [4.78, 5) is 60.2. The van der Waals surface area contributed by atoms with Gasteiger partial charge in [-0.05, 0) is 24.3 Å². The fourth-order valence-corrected chi connectivity index (χ4v) is 3.14. The van der Waals surface area contributed by atoms with Crippen LogP contribution in [0.1, 0.15) is 33.1 Å². The standard InChI is InChI=1S/C18H33N5O6S2/c1-4-9(2)14(20)17(27)22-11(7-13(19)24)16(26)21-10(5-6-31-3)15(25)23-12(8-30)18(28)29/h9-12,14,30H,4-8,20H2,1-3H3,(H2,19,24)(H,21,26)(H,22,27)(H,23,25)(H,28,29). The smallest absolute Gasteiger partial charge is 0.327 e. The average Bonchev–Trinajstić information content (AvgIpc) is 2.71. The van der Waals surface area contributed by atoms with E-state index in [2.05, 4.69) is 28.6 Å². The van der Waals surface area contributed by atoms with Crippen LogP contribution < -0.4 is 27.4 Å². The number of carbonyl (C=O) groups is 5. The van der Waals surface area contributed by atoms with Crippen LogP contribution in [-0.4, -0.2) is 76.6 Å². The zero-order valence-corrected chi connectivity index (χ0v) is 19.6. The zero-order valence-electron chi connectivity index (χ0n) is 17.9. The van der Waals surface area contributed by atoms with Crippen LogP contribution in [0, 0.1) is 5.92 Å². The maximum atomic E-state index is 12.8. The minimum Gasteiger partial charge on any atom is -0.480 e. The molecule has 0 saturated heterocycles. The highest BCUT2D eigenvalue weighted by atomic mass is 32.2. The van der Waals surface area contributed by atoms with Gasteiger partial charge >= 0.3 is 5.97 Å². The molecule has 0 aromatic heterocycles. The fourth-order valence-electron chi connectivity index (χ4n) is 2.43. The van der Waals surface area contributed by atoms with Crippen LogP contribution in [0.2, 0.25) is 0 Å². The van der Waals surface area contributed by atoms with Crippen LogP contribution in [0.5, 0.6) is 0 Å². The second-order valence-corrected chi connectivity index (χ2v) is 8.42. The first-order valence-corrected chi connectivity index (χ1v) is 11.8. The second kappa shape index (κ2) is 14.9. The molecule has 8 N–H and O–H groups in total. The molecular weight excluding hydrogens is 446 g/mol. The number of rotatable bonds is 15. The summed E-state index contributed by atoms with van der Waals surface area (Å²) in [6.45, 7) is 3.63. The van der Waals surface area contributed by atoms with Gasteiger partial charge in [0, 0.05) is 5.75 Å². The normalized spacial score (nSPS) is 15.6. The van der Waals surface area contributed by atoms with Crippen molar-refractivity contribution in [1.29, 1.82) is 0 Å². The summed E-state index contributed by atoms with van der Waals surface area (Å²) in [7, 11) is 0. The third-order valence-corrected chi connectivity index (χ3v) is 5.65. The Morgan fingerprint density at radius 2 is 1.52 bits per heavy atom. The molecule has 31 heavy (non-hydrogen) atoms. The molecule has 0 aliphatic heterocycles. The molecule has 0 heterocycles. The molecule has 178 valence electrons. The molecule has 4 amide bonds. The molecular formula is C18H33N5O6S2. The Morgan fingerprint density at radius 1 is 1.00 bits per heavy atom. The molecule has 0 radical (unpaired) electrons. The van der Waals surface area contributed by atoms with Gasteiger partial charge in [0.05, 0.1) is 12.5 Å². The Kier molecular flexibility index (Phi) is 14.0. The van der Waals surface area contributed by atoms with E-state index in [-0.39, 0.29) is 18.1 Å². The highest BCUT2D eigenvalue weighted by molar-refractivity contribution is 7.98. The van der Waals surface area contributed by atoms with Gasteiger partial charge in [0.1, 0.15) is 18.1 Å². The summed E-state index contributed by atoms with van der Waals surface area (Å²) < 4.78 is 0. The van der Waals surface area contributed by atoms with Crippen molar-refractivity contribution >= 4 is 54.0 Å². The molecule has 0 fully saturated rings. The third kappa shape index (κ3) is 10.7. The Labute approximate surface area is 191 Å². The van der Waals surface area contributed by atoms with Crippen molar-refractivity contribution in [2.24, 2.45) is 17.4 Å². The Bertz CT molecular complexity index is 651. The van der Waals surface area contributed by atoms with Gasteiger partial charge < -0.3 is 32.5 Å². The van der Waals surface area contributed by atoms with E-state index in [0.29, 0.717) is 12.2 Å². The zero-order chi connectivity index (χ0) is 24.1. The topological polar surface area (TPSA) is 194 Å². The molecule has 0 aromatic rings. The van der Waals surface area contributed by atoms with Crippen LogP contribution in [0.25, 0.3) is 0 Å². The summed E-state index contributed by atoms with van der Waals surface area (Å²) in [6.07, 6.45) is 2.14. The van der Waals surface area contributed by atoms with Gasteiger partial charge in [-0.2, -0.15) is 24.4 Å². The van der Waals surface area contributed by atoms with Crippen molar-refractivity contribution in [3.05, 3.63) is 0 Å². The summed E-state index contributed by atoms with van der Waals surface area (Å²) in [5.41, 5.74) is 11.1. The number of nitrogens with two attached hydrogens (primary N) is 2. The predicted octanol–water partition coefficient (Wildman–Crippen LogP) is -1.54. The van der Waals surface area contributed by atoms with Crippen molar-refractivity contribution in [2.45, 2.75) is 57.3 Å². The predicted molar refractivity (Wildman–Crippen MR) is 122 cm³/mol. The van der Waals surface area contributed by atoms with E-state index in [1.54, 1.807) is 13.2 Å². The van der Waals surface area contributed by atoms with Crippen molar-refractivity contribution < 1.29 is 29.1 Å². The monoisotopic (exact) mass is 479 g/mol. The van der Waals surface area contributed by atoms with Crippen LogP contribution in [0.15, 0.2) is 0 Å². The highest BCUT2D eigenvalue weighted by Gasteiger charge is 2.31. The van der Waals surface area contributed by atoms with Gasteiger partial charge in [-0.3, -0.25) is 19.2 Å². The van der Waals surface area contributed by atoms with Gasteiger partial charge in [0.25, 0.3) is 0 Å². The SMILES string of the molecule is CCC(C)C(N)C(=O)NC(CC(N)=O)C(=O)NC(CCSC)C(=O)NC(CS)C(=O)O. The van der Waals surface area contributed by atoms with E-state index in [9.17, 15) is 24.0 Å². The molecule has 0 spiro atoms. The maximum Gasteiger partial charge on any atom is 0.327 e. The van der Waals surface area contributed by atoms with Crippen molar-refractivity contribution in [1.82, 2.24) is 16.0 Å².